The van der Waals surface area contributed by atoms with Gasteiger partial charge in [0.25, 0.3) is 0 Å². The molecule has 0 spiro atoms. The molecule has 0 saturated carbocycles. The fourth-order valence-electron chi connectivity index (χ4n) is 3.71. The smallest absolute Gasteiger partial charge is 0.129 e. The van der Waals surface area contributed by atoms with E-state index in [-0.39, 0.29) is 0 Å². The maximum Gasteiger partial charge on any atom is 0.129 e. The van der Waals surface area contributed by atoms with Gasteiger partial charge in [0.1, 0.15) is 11.5 Å². The Balaban J connectivity index is 1.63. The molecule has 0 atom stereocenters. The minimum atomic E-state index is 0.778. The Kier molecular flexibility index (Phi) is 6.80. The van der Waals surface area contributed by atoms with Crippen LogP contribution >= 0.6 is 0 Å². The molecule has 0 aliphatic heterocycles. The molecule has 0 amide bonds. The van der Waals surface area contributed by atoms with Crippen LogP contribution in [0.15, 0.2) is 91.0 Å². The van der Waals surface area contributed by atoms with Crippen molar-refractivity contribution in [2.45, 2.75) is 13.8 Å². The molecule has 4 aromatic rings. The van der Waals surface area contributed by atoms with Crippen LogP contribution in [0.4, 0.5) is 17.1 Å². The molecule has 0 aliphatic carbocycles. The molecule has 166 valence electrons. The molecule has 0 radical (unpaired) electrons. The molecular weight excluding hydrogens is 406 g/mol. The first kappa shape index (κ1) is 22.2. The third kappa shape index (κ3) is 5.27. The summed E-state index contributed by atoms with van der Waals surface area (Å²) in [4.78, 5) is 2.28. The molecule has 0 aliphatic rings. The molecule has 4 aromatic carbocycles. The van der Waals surface area contributed by atoms with Crippen LogP contribution < -0.4 is 14.4 Å². The third-order valence-electron chi connectivity index (χ3n) is 5.63. The molecule has 0 saturated heterocycles. The van der Waals surface area contributed by atoms with Gasteiger partial charge in [-0.2, -0.15) is 0 Å². The van der Waals surface area contributed by atoms with Crippen molar-refractivity contribution in [1.82, 2.24) is 0 Å². The number of benzene rings is 4. The van der Waals surface area contributed by atoms with Crippen LogP contribution in [0.1, 0.15) is 22.3 Å². The number of hydrogen-bond acceptors (Lipinski definition) is 3. The summed E-state index contributed by atoms with van der Waals surface area (Å²) in [6, 6.07) is 31.7. The molecule has 0 bridgehead atoms. The fourth-order valence-corrected chi connectivity index (χ4v) is 3.71. The van der Waals surface area contributed by atoms with E-state index in [9.17, 15) is 0 Å². The average Bonchev–Trinajstić information content (AvgIpc) is 2.86. The van der Waals surface area contributed by atoms with Gasteiger partial charge in [-0.05, 0) is 67.9 Å². The number of rotatable bonds is 7. The second-order valence-electron chi connectivity index (χ2n) is 8.04. The predicted molar refractivity (Wildman–Crippen MR) is 139 cm³/mol. The Bertz CT molecular complexity index is 1180. The summed E-state index contributed by atoms with van der Waals surface area (Å²) in [6.45, 7) is 4.22. The minimum absolute atomic E-state index is 0.778. The van der Waals surface area contributed by atoms with Crippen LogP contribution in [0, 0.1) is 13.8 Å². The van der Waals surface area contributed by atoms with Crippen LogP contribution in [-0.2, 0) is 0 Å². The van der Waals surface area contributed by atoms with Crippen LogP contribution in [0.5, 0.6) is 11.5 Å². The molecule has 0 fully saturated rings. The zero-order valence-corrected chi connectivity index (χ0v) is 19.6. The quantitative estimate of drug-likeness (QED) is 0.275. The Morgan fingerprint density at radius 3 is 1.58 bits per heavy atom. The summed E-state index contributed by atoms with van der Waals surface area (Å²) < 4.78 is 10.8. The summed E-state index contributed by atoms with van der Waals surface area (Å²) >= 11 is 0. The second kappa shape index (κ2) is 10.1. The van der Waals surface area contributed by atoms with Gasteiger partial charge in [0.05, 0.1) is 14.2 Å². The van der Waals surface area contributed by atoms with E-state index in [4.69, 9.17) is 9.47 Å². The summed E-state index contributed by atoms with van der Waals surface area (Å²) in [7, 11) is 3.33. The number of nitrogens with zero attached hydrogens (tertiary/aromatic N) is 1. The first-order chi connectivity index (χ1) is 16.1. The maximum absolute atomic E-state index is 5.50. The maximum atomic E-state index is 5.50. The first-order valence-corrected chi connectivity index (χ1v) is 11.0. The standard InChI is InChI=1S/C30H29NO2/c1-22-5-14-26(15-6-22)31(27-16-7-23(2)8-17-27)28-18-10-24(11-19-28)9-12-25-13-20-29(32-3)21-30(25)33-4/h5-21H,1-4H3. The Morgan fingerprint density at radius 1 is 0.576 bits per heavy atom. The Labute approximate surface area is 196 Å². The largest absolute Gasteiger partial charge is 0.497 e. The number of aryl methyl sites for hydroxylation is 2. The highest BCUT2D eigenvalue weighted by atomic mass is 16.5. The first-order valence-electron chi connectivity index (χ1n) is 11.0. The van der Waals surface area contributed by atoms with Gasteiger partial charge in [0.2, 0.25) is 0 Å². The lowest BCUT2D eigenvalue weighted by atomic mass is 10.1. The van der Waals surface area contributed by atoms with E-state index in [0.717, 1.165) is 39.7 Å². The average molecular weight is 436 g/mol. The van der Waals surface area contributed by atoms with Crippen LogP contribution in [0.25, 0.3) is 12.2 Å². The van der Waals surface area contributed by atoms with Crippen LogP contribution in [0.2, 0.25) is 0 Å². The Hall–Kier alpha value is -3.98. The van der Waals surface area contributed by atoms with Gasteiger partial charge in [0, 0.05) is 28.7 Å². The van der Waals surface area contributed by atoms with Crippen molar-refractivity contribution < 1.29 is 9.47 Å². The van der Waals surface area contributed by atoms with E-state index in [1.807, 2.05) is 18.2 Å². The summed E-state index contributed by atoms with van der Waals surface area (Å²) in [5, 5.41) is 0. The third-order valence-corrected chi connectivity index (χ3v) is 5.63. The van der Waals surface area contributed by atoms with Crippen molar-refractivity contribution in [3.05, 3.63) is 113 Å². The molecule has 0 aromatic heterocycles. The van der Waals surface area contributed by atoms with Crippen molar-refractivity contribution >= 4 is 29.2 Å². The lowest BCUT2D eigenvalue weighted by Crippen LogP contribution is -2.09. The highest BCUT2D eigenvalue weighted by Crippen LogP contribution is 2.35. The summed E-state index contributed by atoms with van der Waals surface area (Å²) in [5.74, 6) is 1.56. The van der Waals surface area contributed by atoms with E-state index in [2.05, 4.69) is 104 Å². The molecule has 0 heterocycles. The second-order valence-corrected chi connectivity index (χ2v) is 8.04. The van der Waals surface area contributed by atoms with E-state index >= 15 is 0 Å². The molecule has 0 unspecified atom stereocenters. The van der Waals surface area contributed by atoms with Gasteiger partial charge in [-0.25, -0.2) is 0 Å². The number of anilines is 3. The summed E-state index contributed by atoms with van der Waals surface area (Å²) in [5.41, 5.74) is 8.00. The predicted octanol–water partition coefficient (Wildman–Crippen LogP) is 7.96. The van der Waals surface area contributed by atoms with E-state index in [1.165, 1.54) is 11.1 Å². The van der Waals surface area contributed by atoms with Gasteiger partial charge in [0.15, 0.2) is 0 Å². The minimum Gasteiger partial charge on any atom is -0.497 e. The SMILES string of the molecule is COc1ccc(C=Cc2ccc(N(c3ccc(C)cc3)c3ccc(C)cc3)cc2)c(OC)c1. The number of hydrogen-bond donors (Lipinski definition) is 0. The van der Waals surface area contributed by atoms with Crippen molar-refractivity contribution in [3.63, 3.8) is 0 Å². The van der Waals surface area contributed by atoms with Crippen molar-refractivity contribution in [2.75, 3.05) is 19.1 Å². The van der Waals surface area contributed by atoms with Crippen LogP contribution in [0.3, 0.4) is 0 Å². The van der Waals surface area contributed by atoms with E-state index in [0.29, 0.717) is 0 Å². The highest BCUT2D eigenvalue weighted by Gasteiger charge is 2.12. The number of ether oxygens (including phenoxy) is 2. The van der Waals surface area contributed by atoms with Crippen molar-refractivity contribution in [2.24, 2.45) is 0 Å². The molecule has 33 heavy (non-hydrogen) atoms. The zero-order chi connectivity index (χ0) is 23.2. The van der Waals surface area contributed by atoms with E-state index in [1.54, 1.807) is 14.2 Å². The van der Waals surface area contributed by atoms with Gasteiger partial charge < -0.3 is 14.4 Å². The monoisotopic (exact) mass is 435 g/mol. The van der Waals surface area contributed by atoms with Crippen molar-refractivity contribution in [3.8, 4) is 11.5 Å². The highest BCUT2D eigenvalue weighted by molar-refractivity contribution is 5.78. The molecular formula is C30H29NO2. The van der Waals surface area contributed by atoms with Gasteiger partial charge >= 0.3 is 0 Å². The van der Waals surface area contributed by atoms with Crippen molar-refractivity contribution in [1.29, 1.82) is 0 Å². The molecule has 4 rings (SSSR count). The topological polar surface area (TPSA) is 21.7 Å². The lowest BCUT2D eigenvalue weighted by molar-refractivity contribution is 0.394. The Morgan fingerprint density at radius 2 is 1.09 bits per heavy atom. The van der Waals surface area contributed by atoms with Gasteiger partial charge in [-0.15, -0.1) is 0 Å². The van der Waals surface area contributed by atoms with Crippen LogP contribution in [-0.4, -0.2) is 14.2 Å². The fraction of sp³-hybridized carbons (Fsp3) is 0.133. The summed E-state index contributed by atoms with van der Waals surface area (Å²) in [6.07, 6.45) is 4.15. The molecule has 3 heteroatoms. The molecule has 3 nitrogen and oxygen atoms in total. The van der Waals surface area contributed by atoms with E-state index < -0.39 is 0 Å². The van der Waals surface area contributed by atoms with Gasteiger partial charge in [-0.3, -0.25) is 0 Å². The lowest BCUT2D eigenvalue weighted by Gasteiger charge is -2.25. The van der Waals surface area contributed by atoms with Gasteiger partial charge in [-0.1, -0.05) is 59.7 Å². The normalized spacial score (nSPS) is 10.9. The number of methoxy groups -OCH3 is 2. The molecule has 0 N–H and O–H groups in total. The zero-order valence-electron chi connectivity index (χ0n) is 19.6.